The zero-order valence-electron chi connectivity index (χ0n) is 7.40. The molecule has 1 fully saturated rings. The first kappa shape index (κ1) is 8.80. The highest BCUT2D eigenvalue weighted by Gasteiger charge is 2.63. The monoisotopic (exact) mass is 196 g/mol. The van der Waals surface area contributed by atoms with Gasteiger partial charge in [-0.2, -0.15) is 0 Å². The summed E-state index contributed by atoms with van der Waals surface area (Å²) in [7, 11) is 0. The summed E-state index contributed by atoms with van der Waals surface area (Å²) in [5.74, 6) is -1.84. The van der Waals surface area contributed by atoms with Gasteiger partial charge in [-0.05, 0) is 18.6 Å². The van der Waals surface area contributed by atoms with Crippen molar-refractivity contribution in [2.75, 3.05) is 0 Å². The molecular formula is C9H8O5. The van der Waals surface area contributed by atoms with Gasteiger partial charge in [-0.25, -0.2) is 9.59 Å². The van der Waals surface area contributed by atoms with Crippen molar-refractivity contribution in [3.8, 4) is 0 Å². The molecule has 0 aromatic heterocycles. The second kappa shape index (κ2) is 2.37. The molecule has 1 heterocycles. The predicted molar refractivity (Wildman–Crippen MR) is 44.5 cm³/mol. The predicted octanol–water partition coefficient (Wildman–Crippen LogP) is 0.529. The number of rotatable bonds is 2. The van der Waals surface area contributed by atoms with Crippen molar-refractivity contribution in [2.24, 2.45) is 0 Å². The van der Waals surface area contributed by atoms with Crippen molar-refractivity contribution in [2.45, 2.75) is 18.9 Å². The van der Waals surface area contributed by atoms with Gasteiger partial charge in [0.05, 0.1) is 0 Å². The van der Waals surface area contributed by atoms with E-state index in [9.17, 15) is 9.59 Å². The molecule has 1 saturated heterocycles. The Bertz CT molecular complexity index is 403. The summed E-state index contributed by atoms with van der Waals surface area (Å²) < 4.78 is 4.98. The third-order valence-corrected chi connectivity index (χ3v) is 2.41. The molecule has 0 spiro atoms. The number of allylic oxidation sites excluding steroid dienone is 2. The summed E-state index contributed by atoms with van der Waals surface area (Å²) >= 11 is 0. The number of carboxylic acids is 2. The van der Waals surface area contributed by atoms with Crippen LogP contribution in [-0.4, -0.2) is 27.8 Å². The lowest BCUT2D eigenvalue weighted by Crippen LogP contribution is -2.27. The van der Waals surface area contributed by atoms with E-state index in [4.69, 9.17) is 14.9 Å². The molecule has 0 bridgehead atoms. The van der Waals surface area contributed by atoms with E-state index in [1.807, 2.05) is 0 Å². The van der Waals surface area contributed by atoms with Gasteiger partial charge in [-0.3, -0.25) is 0 Å². The fourth-order valence-electron chi connectivity index (χ4n) is 1.66. The van der Waals surface area contributed by atoms with Crippen molar-refractivity contribution in [3.05, 3.63) is 23.0 Å². The van der Waals surface area contributed by atoms with Gasteiger partial charge in [0.25, 0.3) is 5.60 Å². The average molecular weight is 196 g/mol. The van der Waals surface area contributed by atoms with Crippen LogP contribution in [0.15, 0.2) is 23.0 Å². The van der Waals surface area contributed by atoms with E-state index in [0.717, 1.165) is 0 Å². The molecule has 1 aliphatic heterocycles. The van der Waals surface area contributed by atoms with Crippen molar-refractivity contribution in [1.29, 1.82) is 0 Å². The number of epoxide rings is 1. The van der Waals surface area contributed by atoms with E-state index in [0.29, 0.717) is 11.3 Å². The van der Waals surface area contributed by atoms with E-state index >= 15 is 0 Å². The summed E-state index contributed by atoms with van der Waals surface area (Å²) in [5.41, 5.74) is -0.728. The molecule has 0 amide bonds. The molecule has 5 heteroatoms. The lowest BCUT2D eigenvalue weighted by atomic mass is 9.90. The van der Waals surface area contributed by atoms with E-state index in [1.54, 1.807) is 6.92 Å². The third kappa shape index (κ3) is 0.951. The Morgan fingerprint density at radius 2 is 2.14 bits per heavy atom. The van der Waals surface area contributed by atoms with Gasteiger partial charge >= 0.3 is 11.9 Å². The zero-order chi connectivity index (χ0) is 10.5. The fourth-order valence-corrected chi connectivity index (χ4v) is 1.66. The molecule has 14 heavy (non-hydrogen) atoms. The van der Waals surface area contributed by atoms with Crippen molar-refractivity contribution < 1.29 is 24.5 Å². The highest BCUT2D eigenvalue weighted by atomic mass is 16.6. The van der Waals surface area contributed by atoms with Crippen LogP contribution >= 0.6 is 0 Å². The number of carbonyl (C=O) groups is 2. The van der Waals surface area contributed by atoms with Crippen LogP contribution in [0.3, 0.4) is 0 Å². The smallest absolute Gasteiger partial charge is 0.356 e. The number of carboxylic acid groups (broad SMARTS) is 2. The highest BCUT2D eigenvalue weighted by Crippen LogP contribution is 2.51. The van der Waals surface area contributed by atoms with Crippen LogP contribution in [-0.2, 0) is 14.3 Å². The normalized spacial score (nSPS) is 28.8. The first-order valence-electron chi connectivity index (χ1n) is 4.05. The van der Waals surface area contributed by atoms with Crippen LogP contribution in [0.1, 0.15) is 13.3 Å². The van der Waals surface area contributed by atoms with E-state index in [2.05, 4.69) is 0 Å². The second-order valence-corrected chi connectivity index (χ2v) is 3.40. The molecule has 1 unspecified atom stereocenters. The number of aliphatic carboxylic acids is 2. The SMILES string of the molecule is CC1=C2OC2(C(=O)O)CC(C(=O)O)=C1. The average Bonchev–Trinajstić information content (AvgIpc) is 2.80. The van der Waals surface area contributed by atoms with Crippen molar-refractivity contribution >= 4 is 11.9 Å². The molecule has 1 aliphatic carbocycles. The van der Waals surface area contributed by atoms with Gasteiger partial charge in [-0.15, -0.1) is 0 Å². The summed E-state index contributed by atoms with van der Waals surface area (Å²) in [4.78, 5) is 21.5. The molecule has 0 saturated carbocycles. The quantitative estimate of drug-likeness (QED) is 0.629. The van der Waals surface area contributed by atoms with E-state index < -0.39 is 17.5 Å². The Morgan fingerprint density at radius 1 is 1.50 bits per heavy atom. The molecule has 0 aromatic carbocycles. The maximum Gasteiger partial charge on any atom is 0.356 e. The van der Waals surface area contributed by atoms with Crippen LogP contribution in [0.25, 0.3) is 0 Å². The first-order chi connectivity index (χ1) is 6.47. The van der Waals surface area contributed by atoms with Gasteiger partial charge in [0, 0.05) is 12.0 Å². The largest absolute Gasteiger partial charge is 0.478 e. The molecular weight excluding hydrogens is 188 g/mol. The van der Waals surface area contributed by atoms with Gasteiger partial charge < -0.3 is 14.9 Å². The molecule has 1 atom stereocenters. The maximum atomic E-state index is 10.9. The molecule has 74 valence electrons. The van der Waals surface area contributed by atoms with Gasteiger partial charge in [-0.1, -0.05) is 0 Å². The van der Waals surface area contributed by atoms with Gasteiger partial charge in [0.1, 0.15) is 0 Å². The maximum absolute atomic E-state index is 10.9. The topological polar surface area (TPSA) is 87.1 Å². The Hall–Kier alpha value is -1.78. The van der Waals surface area contributed by atoms with E-state index in [-0.39, 0.29) is 12.0 Å². The Morgan fingerprint density at radius 3 is 2.64 bits per heavy atom. The zero-order valence-corrected chi connectivity index (χ0v) is 7.40. The van der Waals surface area contributed by atoms with Crippen molar-refractivity contribution in [3.63, 3.8) is 0 Å². The lowest BCUT2D eigenvalue weighted by Gasteiger charge is -2.08. The Balaban J connectivity index is 2.39. The number of ether oxygens (including phenoxy) is 1. The highest BCUT2D eigenvalue weighted by molar-refractivity contribution is 5.94. The number of hydrogen-bond donors (Lipinski definition) is 2. The number of fused-ring (bicyclic) bond motifs is 1. The molecule has 2 N–H and O–H groups in total. The Labute approximate surface area is 79.3 Å². The lowest BCUT2D eigenvalue weighted by molar-refractivity contribution is -0.143. The van der Waals surface area contributed by atoms with Crippen LogP contribution in [0, 0.1) is 0 Å². The first-order valence-corrected chi connectivity index (χ1v) is 4.05. The summed E-state index contributed by atoms with van der Waals surface area (Å²) in [6.07, 6.45) is 1.36. The van der Waals surface area contributed by atoms with Crippen molar-refractivity contribution in [1.82, 2.24) is 0 Å². The summed E-state index contributed by atoms with van der Waals surface area (Å²) in [6, 6.07) is 0. The summed E-state index contributed by atoms with van der Waals surface area (Å²) in [5, 5.41) is 17.6. The Kier molecular flexibility index (Phi) is 1.49. The summed E-state index contributed by atoms with van der Waals surface area (Å²) in [6.45, 7) is 1.64. The van der Waals surface area contributed by atoms with Gasteiger partial charge in [0.2, 0.25) is 0 Å². The van der Waals surface area contributed by atoms with Crippen LogP contribution < -0.4 is 0 Å². The second-order valence-electron chi connectivity index (χ2n) is 3.40. The number of hydrogen-bond acceptors (Lipinski definition) is 3. The van der Waals surface area contributed by atoms with Crippen LogP contribution in [0.4, 0.5) is 0 Å². The fraction of sp³-hybridized carbons (Fsp3) is 0.333. The minimum atomic E-state index is -1.38. The molecule has 2 aliphatic rings. The molecule has 0 radical (unpaired) electrons. The van der Waals surface area contributed by atoms with Gasteiger partial charge in [0.15, 0.2) is 5.76 Å². The standard InChI is InChI=1S/C9H8O5/c1-4-2-5(7(10)11)3-9(8(12)13)6(4)14-9/h2H,3H2,1H3,(H,10,11)(H,12,13). The van der Waals surface area contributed by atoms with Crippen LogP contribution in [0.5, 0.6) is 0 Å². The molecule has 5 nitrogen and oxygen atoms in total. The van der Waals surface area contributed by atoms with E-state index in [1.165, 1.54) is 6.08 Å². The third-order valence-electron chi connectivity index (χ3n) is 2.41. The minimum absolute atomic E-state index is 0.0751. The van der Waals surface area contributed by atoms with Crippen LogP contribution in [0.2, 0.25) is 0 Å². The molecule has 0 aromatic rings. The minimum Gasteiger partial charge on any atom is -0.478 e. The molecule has 2 rings (SSSR count).